The molecule has 1 aliphatic heterocycles. The second-order valence-corrected chi connectivity index (χ2v) is 5.22. The molecule has 1 heterocycles. The topological polar surface area (TPSA) is 31.4 Å². The molecule has 0 aromatic heterocycles. The van der Waals surface area contributed by atoms with Crippen LogP contribution in [0.1, 0.15) is 30.9 Å². The Balaban J connectivity index is 2.32. The fourth-order valence-electron chi connectivity index (χ4n) is 2.64. The molecule has 3 heteroatoms. The van der Waals surface area contributed by atoms with Crippen LogP contribution in [0.5, 0.6) is 0 Å². The number of rotatable bonds is 1. The molecule has 1 atom stereocenters. The molecule has 90 valence electrons. The molecule has 1 aromatic rings. The summed E-state index contributed by atoms with van der Waals surface area (Å²) < 4.78 is 0. The molecule has 1 fully saturated rings. The zero-order chi connectivity index (χ0) is 12.4. The third-order valence-corrected chi connectivity index (χ3v) is 3.62. The molecular weight excluding hydrogens is 210 g/mol. The van der Waals surface area contributed by atoms with Crippen LogP contribution in [0.25, 0.3) is 4.98 Å². The maximum Gasteiger partial charge on any atom is 0.388 e. The first kappa shape index (κ1) is 11.9. The van der Waals surface area contributed by atoms with Gasteiger partial charge in [-0.2, -0.15) is 0 Å². The number of diazo groups is 1. The standard InChI is InChI=1S/C14H20N3/c1-10-5-4-6-17(9-10)14-8-11(2)13(16-15)7-12(14)3/h7-8,10H,4-6,9H2,1-3H3/q+1. The largest absolute Gasteiger partial charge is 0.388 e. The summed E-state index contributed by atoms with van der Waals surface area (Å²) >= 11 is 0. The lowest BCUT2D eigenvalue weighted by molar-refractivity contribution is 0.446. The quantitative estimate of drug-likeness (QED) is 0.682. The van der Waals surface area contributed by atoms with E-state index in [0.29, 0.717) is 5.69 Å². The minimum absolute atomic E-state index is 0.677. The van der Waals surface area contributed by atoms with Crippen LogP contribution in [0.3, 0.4) is 0 Å². The summed E-state index contributed by atoms with van der Waals surface area (Å²) in [4.78, 5) is 5.77. The van der Waals surface area contributed by atoms with Crippen LogP contribution in [0.2, 0.25) is 0 Å². The zero-order valence-electron chi connectivity index (χ0n) is 10.9. The van der Waals surface area contributed by atoms with Gasteiger partial charge in [-0.1, -0.05) is 6.92 Å². The summed E-state index contributed by atoms with van der Waals surface area (Å²) in [6.07, 6.45) is 2.60. The average Bonchev–Trinajstić information content (AvgIpc) is 2.31. The number of benzene rings is 1. The lowest BCUT2D eigenvalue weighted by atomic mass is 9.98. The van der Waals surface area contributed by atoms with Crippen molar-refractivity contribution in [2.24, 2.45) is 5.92 Å². The van der Waals surface area contributed by atoms with Gasteiger partial charge in [-0.3, -0.25) is 0 Å². The lowest BCUT2D eigenvalue weighted by Gasteiger charge is -2.33. The second-order valence-electron chi connectivity index (χ2n) is 5.22. The number of piperidine rings is 1. The smallest absolute Gasteiger partial charge is 0.371 e. The normalized spacial score (nSPS) is 20.1. The maximum absolute atomic E-state index is 8.90. The summed E-state index contributed by atoms with van der Waals surface area (Å²) in [5.74, 6) is 0.769. The summed E-state index contributed by atoms with van der Waals surface area (Å²) in [6, 6.07) is 4.10. The van der Waals surface area contributed by atoms with Gasteiger partial charge in [0.25, 0.3) is 0 Å². The van der Waals surface area contributed by atoms with Crippen molar-refractivity contribution in [3.05, 3.63) is 28.2 Å². The molecule has 3 nitrogen and oxygen atoms in total. The SMILES string of the molecule is Cc1cc(N2CCCC(C)C2)c(C)cc1[N+]#N. The third kappa shape index (κ3) is 2.41. The zero-order valence-corrected chi connectivity index (χ0v) is 10.9. The van der Waals surface area contributed by atoms with Crippen LogP contribution in [0.15, 0.2) is 12.1 Å². The molecule has 1 aliphatic rings. The van der Waals surface area contributed by atoms with Crippen LogP contribution in [0, 0.1) is 25.2 Å². The van der Waals surface area contributed by atoms with Gasteiger partial charge >= 0.3 is 5.69 Å². The summed E-state index contributed by atoms with van der Waals surface area (Å²) in [5, 5.41) is 8.90. The van der Waals surface area contributed by atoms with Gasteiger partial charge < -0.3 is 4.90 Å². The molecule has 0 saturated carbocycles. The number of hydrogen-bond acceptors (Lipinski definition) is 2. The number of anilines is 1. The van der Waals surface area contributed by atoms with Gasteiger partial charge in [0, 0.05) is 30.4 Å². The Bertz CT molecular complexity index is 459. The van der Waals surface area contributed by atoms with Crippen molar-refractivity contribution in [1.82, 2.24) is 0 Å². The molecule has 1 aromatic carbocycles. The van der Waals surface area contributed by atoms with Gasteiger partial charge in [0.1, 0.15) is 0 Å². The van der Waals surface area contributed by atoms with Gasteiger partial charge in [0.2, 0.25) is 5.39 Å². The third-order valence-electron chi connectivity index (χ3n) is 3.62. The molecule has 1 saturated heterocycles. The van der Waals surface area contributed by atoms with Crippen LogP contribution < -0.4 is 4.90 Å². The van der Waals surface area contributed by atoms with Crippen LogP contribution in [-0.4, -0.2) is 13.1 Å². The van der Waals surface area contributed by atoms with Crippen LogP contribution in [-0.2, 0) is 0 Å². The Labute approximate surface area is 103 Å². The van der Waals surface area contributed by atoms with Crippen LogP contribution >= 0.6 is 0 Å². The first-order chi connectivity index (χ1) is 8.11. The van der Waals surface area contributed by atoms with E-state index in [2.05, 4.69) is 29.8 Å². The monoisotopic (exact) mass is 230 g/mol. The average molecular weight is 230 g/mol. The van der Waals surface area contributed by atoms with E-state index in [1.165, 1.54) is 24.1 Å². The van der Waals surface area contributed by atoms with Crippen molar-refractivity contribution >= 4 is 11.4 Å². The Morgan fingerprint density at radius 1 is 1.29 bits per heavy atom. The number of aryl methyl sites for hydroxylation is 2. The fourth-order valence-corrected chi connectivity index (χ4v) is 2.64. The molecule has 0 bridgehead atoms. The summed E-state index contributed by atoms with van der Waals surface area (Å²) in [7, 11) is 0. The first-order valence-corrected chi connectivity index (χ1v) is 6.33. The number of nitrogens with zero attached hydrogens (tertiary/aromatic N) is 3. The number of hydrogen-bond donors (Lipinski definition) is 0. The van der Waals surface area contributed by atoms with Crippen molar-refractivity contribution in [2.75, 3.05) is 18.0 Å². The van der Waals surface area contributed by atoms with Crippen molar-refractivity contribution < 1.29 is 0 Å². The van der Waals surface area contributed by atoms with E-state index in [4.69, 9.17) is 5.39 Å². The van der Waals surface area contributed by atoms with E-state index >= 15 is 0 Å². The predicted octanol–water partition coefficient (Wildman–Crippen LogP) is 4.02. The molecule has 1 unspecified atom stereocenters. The van der Waals surface area contributed by atoms with E-state index in [1.54, 1.807) is 0 Å². The minimum atomic E-state index is 0.677. The lowest BCUT2D eigenvalue weighted by Crippen LogP contribution is -2.34. The van der Waals surface area contributed by atoms with Crippen LogP contribution in [0.4, 0.5) is 11.4 Å². The van der Waals surface area contributed by atoms with Crippen molar-refractivity contribution in [3.8, 4) is 0 Å². The highest BCUT2D eigenvalue weighted by atomic mass is 15.1. The highest BCUT2D eigenvalue weighted by molar-refractivity contribution is 5.65. The first-order valence-electron chi connectivity index (χ1n) is 6.33. The Kier molecular flexibility index (Phi) is 3.33. The van der Waals surface area contributed by atoms with Crippen molar-refractivity contribution in [1.29, 1.82) is 5.39 Å². The molecule has 17 heavy (non-hydrogen) atoms. The van der Waals surface area contributed by atoms with Gasteiger partial charge in [-0.05, 0) is 44.2 Å². The second kappa shape index (κ2) is 4.75. The molecule has 0 radical (unpaired) electrons. The van der Waals surface area contributed by atoms with Gasteiger partial charge in [0.05, 0.1) is 0 Å². The van der Waals surface area contributed by atoms with E-state index in [-0.39, 0.29) is 0 Å². The minimum Gasteiger partial charge on any atom is -0.371 e. The summed E-state index contributed by atoms with van der Waals surface area (Å²) in [5.41, 5.74) is 4.20. The molecular formula is C14H20N3+. The molecule has 0 spiro atoms. The highest BCUT2D eigenvalue weighted by Gasteiger charge is 2.21. The fraction of sp³-hybridized carbons (Fsp3) is 0.571. The van der Waals surface area contributed by atoms with Gasteiger partial charge in [-0.25, -0.2) is 0 Å². The predicted molar refractivity (Wildman–Crippen MR) is 71.3 cm³/mol. The molecule has 0 amide bonds. The van der Waals surface area contributed by atoms with Crippen molar-refractivity contribution in [2.45, 2.75) is 33.6 Å². The van der Waals surface area contributed by atoms with E-state index in [0.717, 1.165) is 24.6 Å². The molecule has 0 N–H and O–H groups in total. The van der Waals surface area contributed by atoms with E-state index < -0.39 is 0 Å². The van der Waals surface area contributed by atoms with Gasteiger partial charge in [-0.15, -0.1) is 0 Å². The summed E-state index contributed by atoms with van der Waals surface area (Å²) in [6.45, 7) is 8.66. The van der Waals surface area contributed by atoms with Crippen molar-refractivity contribution in [3.63, 3.8) is 0 Å². The molecule has 0 aliphatic carbocycles. The van der Waals surface area contributed by atoms with E-state index in [9.17, 15) is 0 Å². The Morgan fingerprint density at radius 2 is 2.06 bits per heavy atom. The highest BCUT2D eigenvalue weighted by Crippen LogP contribution is 2.31. The Hall–Kier alpha value is -1.56. The van der Waals surface area contributed by atoms with Gasteiger partial charge in [0.15, 0.2) is 4.98 Å². The molecule has 2 rings (SSSR count). The Morgan fingerprint density at radius 3 is 2.71 bits per heavy atom. The maximum atomic E-state index is 8.90. The van der Waals surface area contributed by atoms with E-state index in [1.807, 2.05) is 13.0 Å².